The number of thioether (sulfide) groups is 1. The van der Waals surface area contributed by atoms with Crippen LogP contribution in [0, 0.1) is 6.57 Å². The zero-order valence-corrected chi connectivity index (χ0v) is 15.1. The maximum Gasteiger partial charge on any atom is 0.407 e. The first-order valence-corrected chi connectivity index (χ1v) is 8.87. The highest BCUT2D eigenvalue weighted by Crippen LogP contribution is 2.39. The molecule has 2 rings (SSSR count). The Hall–Kier alpha value is -2.54. The Balaban J connectivity index is 2.23. The Labute approximate surface area is 161 Å². The number of alkyl halides is 6. The summed E-state index contributed by atoms with van der Waals surface area (Å²) >= 11 is 1.26. The summed E-state index contributed by atoms with van der Waals surface area (Å²) in [5, 5.41) is 0. The zero-order chi connectivity index (χ0) is 20.9. The van der Waals surface area contributed by atoms with Crippen molar-refractivity contribution in [2.75, 3.05) is 29.5 Å². The molecule has 150 valence electrons. The molecular weight excluding hydrogens is 404 g/mol. The first-order chi connectivity index (χ1) is 13.0. The summed E-state index contributed by atoms with van der Waals surface area (Å²) in [5.41, 5.74) is 3.96. The van der Waals surface area contributed by atoms with Gasteiger partial charge in [0.1, 0.15) is 6.54 Å². The average Bonchev–Trinajstić information content (AvgIpc) is 2.60. The number of nitrogens with zero attached hydrogens (tertiary/aromatic N) is 2. The maximum absolute atomic E-state index is 13.1. The summed E-state index contributed by atoms with van der Waals surface area (Å²) in [7, 11) is 0. The van der Waals surface area contributed by atoms with Crippen molar-refractivity contribution in [2.45, 2.75) is 17.2 Å². The normalized spacial score (nSPS) is 11.9. The number of halogens is 6. The highest BCUT2D eigenvalue weighted by molar-refractivity contribution is 7.99. The molecule has 0 fully saturated rings. The first kappa shape index (κ1) is 21.8. The van der Waals surface area contributed by atoms with Gasteiger partial charge in [-0.1, -0.05) is 6.07 Å². The third kappa shape index (κ3) is 6.27. The fourth-order valence-electron chi connectivity index (χ4n) is 2.40. The van der Waals surface area contributed by atoms with E-state index in [1.165, 1.54) is 11.8 Å². The minimum atomic E-state index is -4.83. The molecule has 3 nitrogen and oxygen atoms in total. The summed E-state index contributed by atoms with van der Waals surface area (Å²) in [6.07, 6.45) is -9.43. The van der Waals surface area contributed by atoms with Crippen LogP contribution in [0.25, 0.3) is 4.85 Å². The molecular formula is C18H15F6N3S. The third-order valence-corrected chi connectivity index (χ3v) is 4.64. The minimum Gasteiger partial charge on any atom is -0.399 e. The van der Waals surface area contributed by atoms with Crippen LogP contribution in [-0.2, 0) is 6.18 Å². The predicted octanol–water partition coefficient (Wildman–Crippen LogP) is 6.00. The van der Waals surface area contributed by atoms with Crippen LogP contribution < -0.4 is 10.6 Å². The van der Waals surface area contributed by atoms with Crippen molar-refractivity contribution in [1.29, 1.82) is 0 Å². The van der Waals surface area contributed by atoms with Gasteiger partial charge in [-0.2, -0.15) is 26.3 Å². The lowest BCUT2D eigenvalue weighted by molar-refractivity contribution is -0.136. The van der Waals surface area contributed by atoms with Gasteiger partial charge in [0.25, 0.3) is 0 Å². The lowest BCUT2D eigenvalue weighted by atomic mass is 10.1. The monoisotopic (exact) mass is 419 g/mol. The molecule has 0 saturated carbocycles. The third-order valence-electron chi connectivity index (χ3n) is 3.65. The summed E-state index contributed by atoms with van der Waals surface area (Å²) < 4.78 is 78.2. The van der Waals surface area contributed by atoms with Crippen LogP contribution in [0.1, 0.15) is 5.56 Å². The van der Waals surface area contributed by atoms with Crippen LogP contribution >= 0.6 is 11.8 Å². The highest BCUT2D eigenvalue weighted by atomic mass is 32.2. The molecule has 28 heavy (non-hydrogen) atoms. The lowest BCUT2D eigenvalue weighted by Gasteiger charge is -2.27. The maximum atomic E-state index is 13.1. The van der Waals surface area contributed by atoms with Crippen LogP contribution in [0.15, 0.2) is 47.4 Å². The van der Waals surface area contributed by atoms with Crippen molar-refractivity contribution < 1.29 is 26.3 Å². The number of nitrogen functional groups attached to an aromatic ring is 1. The van der Waals surface area contributed by atoms with Crippen molar-refractivity contribution in [1.82, 2.24) is 0 Å². The molecule has 0 aromatic heterocycles. The van der Waals surface area contributed by atoms with E-state index in [1.54, 1.807) is 24.3 Å². The SMILES string of the molecule is [C-]#[N+]c1ccc(N(CCSc2ccc(N)cc2)CC(F)(F)F)cc1C(F)(F)F. The molecule has 10 heteroatoms. The summed E-state index contributed by atoms with van der Waals surface area (Å²) in [5.74, 6) is 0.214. The summed E-state index contributed by atoms with van der Waals surface area (Å²) in [6.45, 7) is 5.29. The second-order valence-corrected chi connectivity index (χ2v) is 6.93. The van der Waals surface area contributed by atoms with Crippen LogP contribution in [0.4, 0.5) is 43.4 Å². The molecule has 0 aliphatic carbocycles. The fourth-order valence-corrected chi connectivity index (χ4v) is 3.27. The molecule has 0 radical (unpaired) electrons. The largest absolute Gasteiger partial charge is 0.407 e. The summed E-state index contributed by atoms with van der Waals surface area (Å²) in [6, 6.07) is 9.29. The minimum absolute atomic E-state index is 0.136. The molecule has 2 N–H and O–H groups in total. The molecule has 0 aliphatic heterocycles. The van der Waals surface area contributed by atoms with Crippen molar-refractivity contribution in [3.05, 3.63) is 59.4 Å². The van der Waals surface area contributed by atoms with Gasteiger partial charge in [0, 0.05) is 28.6 Å². The molecule has 0 saturated heterocycles. The van der Waals surface area contributed by atoms with Gasteiger partial charge in [-0.3, -0.25) is 0 Å². The van der Waals surface area contributed by atoms with Crippen LogP contribution in [0.3, 0.4) is 0 Å². The molecule has 0 bridgehead atoms. The van der Waals surface area contributed by atoms with E-state index < -0.39 is 30.1 Å². The van der Waals surface area contributed by atoms with Gasteiger partial charge in [-0.15, -0.1) is 11.8 Å². The first-order valence-electron chi connectivity index (χ1n) is 7.88. The van der Waals surface area contributed by atoms with E-state index in [0.29, 0.717) is 11.8 Å². The predicted molar refractivity (Wildman–Crippen MR) is 97.6 cm³/mol. The van der Waals surface area contributed by atoms with Crippen LogP contribution in [-0.4, -0.2) is 25.0 Å². The number of benzene rings is 2. The molecule has 0 spiro atoms. The van der Waals surface area contributed by atoms with Gasteiger partial charge in [0.15, 0.2) is 5.69 Å². The van der Waals surface area contributed by atoms with E-state index in [-0.39, 0.29) is 18.0 Å². The molecule has 0 amide bonds. The Morgan fingerprint density at radius 2 is 1.64 bits per heavy atom. The van der Waals surface area contributed by atoms with Gasteiger partial charge in [0.05, 0.1) is 12.1 Å². The topological polar surface area (TPSA) is 33.6 Å². The van der Waals surface area contributed by atoms with Crippen molar-refractivity contribution in [2.24, 2.45) is 0 Å². The smallest absolute Gasteiger partial charge is 0.399 e. The van der Waals surface area contributed by atoms with E-state index in [9.17, 15) is 26.3 Å². The second kappa shape index (κ2) is 8.65. The zero-order valence-electron chi connectivity index (χ0n) is 14.3. The number of nitrogens with two attached hydrogens (primary N) is 1. The van der Waals surface area contributed by atoms with Gasteiger partial charge in [-0.25, -0.2) is 4.85 Å². The molecule has 0 unspecified atom stereocenters. The molecule has 0 aliphatic rings. The standard InChI is InChI=1S/C18H15F6N3S/c1-26-16-7-4-13(10-15(16)18(22,23)24)27(11-17(19,20)21)8-9-28-14-5-2-12(25)3-6-14/h2-7,10H,8-9,11,25H2. The molecule has 0 heterocycles. The molecule has 2 aromatic carbocycles. The van der Waals surface area contributed by atoms with E-state index in [0.717, 1.165) is 21.9 Å². The highest BCUT2D eigenvalue weighted by Gasteiger charge is 2.35. The van der Waals surface area contributed by atoms with Crippen molar-refractivity contribution >= 4 is 28.8 Å². The molecule has 2 aromatic rings. The van der Waals surface area contributed by atoms with Gasteiger partial charge < -0.3 is 10.6 Å². The van der Waals surface area contributed by atoms with Crippen LogP contribution in [0.2, 0.25) is 0 Å². The van der Waals surface area contributed by atoms with Crippen LogP contribution in [0.5, 0.6) is 0 Å². The van der Waals surface area contributed by atoms with Crippen molar-refractivity contribution in [3.63, 3.8) is 0 Å². The van der Waals surface area contributed by atoms with Gasteiger partial charge in [-0.05, 0) is 36.4 Å². The number of hydrogen-bond donors (Lipinski definition) is 1. The van der Waals surface area contributed by atoms with Gasteiger partial charge in [0.2, 0.25) is 0 Å². The number of rotatable bonds is 6. The second-order valence-electron chi connectivity index (χ2n) is 5.77. The Morgan fingerprint density at radius 1 is 1.00 bits per heavy atom. The Bertz CT molecular complexity index is 840. The van der Waals surface area contributed by atoms with E-state index >= 15 is 0 Å². The van der Waals surface area contributed by atoms with E-state index in [4.69, 9.17) is 12.3 Å². The fraction of sp³-hybridized carbons (Fsp3) is 0.278. The summed E-state index contributed by atoms with van der Waals surface area (Å²) in [4.78, 5) is 4.40. The number of hydrogen-bond acceptors (Lipinski definition) is 3. The van der Waals surface area contributed by atoms with Crippen molar-refractivity contribution in [3.8, 4) is 0 Å². The van der Waals surface area contributed by atoms with Gasteiger partial charge >= 0.3 is 12.4 Å². The number of anilines is 2. The molecule has 0 atom stereocenters. The van der Waals surface area contributed by atoms with E-state index in [1.807, 2.05) is 0 Å². The van der Waals surface area contributed by atoms with E-state index in [2.05, 4.69) is 4.85 Å². The average molecular weight is 419 g/mol. The Morgan fingerprint density at radius 3 is 2.18 bits per heavy atom. The lowest BCUT2D eigenvalue weighted by Crippen LogP contribution is -2.36. The quantitative estimate of drug-likeness (QED) is 0.270. The Kier molecular flexibility index (Phi) is 6.72.